The summed E-state index contributed by atoms with van der Waals surface area (Å²) in [5.41, 5.74) is 2.55. The zero-order valence-electron chi connectivity index (χ0n) is 19.5. The first-order valence-corrected chi connectivity index (χ1v) is 12.4. The molecule has 4 aliphatic carbocycles. The molecular weight excluding hydrogens is 464 g/mol. The van der Waals surface area contributed by atoms with Crippen LogP contribution in [0.3, 0.4) is 0 Å². The number of imide groups is 1. The summed E-state index contributed by atoms with van der Waals surface area (Å²) in [6, 6.07) is 11.8. The molecule has 7 heteroatoms. The molecule has 0 aromatic heterocycles. The first-order valence-electron chi connectivity index (χ1n) is 12.0. The fraction of sp³-hybridized carbons (Fsp3) is 0.357. The standard InChI is InChI=1S/C28H25ClN2O4/c1-14-7-8-16(11-15(14)2)23(32)13-30(26(33)19-5-3-4-6-22(19)29)31-27(34)24-17-9-10-18(21-12-20(17)21)25(24)28(31)35/h3-11,17-18,20-21,24-25H,12-13H2,1-2H3/t17-,18-,20-,21+,24+,25+/m0/s1. The number of nitrogens with zero attached hydrogens (tertiary/aromatic N) is 2. The van der Waals surface area contributed by atoms with Crippen LogP contribution in [0.5, 0.6) is 0 Å². The van der Waals surface area contributed by atoms with Gasteiger partial charge in [-0.1, -0.05) is 48.0 Å². The average Bonchev–Trinajstić information content (AvgIpc) is 3.63. The first-order chi connectivity index (χ1) is 16.8. The molecule has 3 amide bonds. The molecule has 0 spiro atoms. The second kappa shape index (κ2) is 7.89. The smallest absolute Gasteiger partial charge is 0.274 e. The molecule has 6 atom stereocenters. The number of rotatable bonds is 5. The highest BCUT2D eigenvalue weighted by molar-refractivity contribution is 6.34. The lowest BCUT2D eigenvalue weighted by molar-refractivity contribution is -0.154. The van der Waals surface area contributed by atoms with Crippen LogP contribution in [0.25, 0.3) is 0 Å². The molecule has 178 valence electrons. The number of allylic oxidation sites excluding steroid dienone is 2. The third kappa shape index (κ3) is 3.30. The van der Waals surface area contributed by atoms with E-state index < -0.39 is 36.1 Å². The van der Waals surface area contributed by atoms with Crippen molar-refractivity contribution in [1.82, 2.24) is 10.0 Å². The first kappa shape index (κ1) is 22.2. The summed E-state index contributed by atoms with van der Waals surface area (Å²) in [4.78, 5) is 54.5. The predicted octanol–water partition coefficient (Wildman–Crippen LogP) is 4.25. The van der Waals surface area contributed by atoms with Crippen LogP contribution in [0, 0.1) is 49.4 Å². The second-order valence-corrected chi connectivity index (χ2v) is 10.6. The Bertz CT molecular complexity index is 1300. The van der Waals surface area contributed by atoms with Crippen molar-refractivity contribution in [2.24, 2.45) is 35.5 Å². The van der Waals surface area contributed by atoms with Gasteiger partial charge >= 0.3 is 0 Å². The maximum atomic E-state index is 13.7. The van der Waals surface area contributed by atoms with E-state index in [1.54, 1.807) is 30.3 Å². The Hall–Kier alpha value is -3.25. The van der Waals surface area contributed by atoms with Crippen LogP contribution >= 0.6 is 11.6 Å². The highest BCUT2D eigenvalue weighted by Crippen LogP contribution is 2.65. The SMILES string of the molecule is Cc1ccc(C(=O)CN(C(=O)c2ccccc2Cl)N2C(=O)[C@@H]3[C@H]4C=C[C@@H]([C@@H]5C[C@H]45)[C@H]3C2=O)cc1C. The minimum atomic E-state index is -0.640. The molecular formula is C28H25ClN2O4. The third-order valence-corrected chi connectivity index (χ3v) is 8.67. The van der Waals surface area contributed by atoms with Gasteiger partial charge < -0.3 is 0 Å². The van der Waals surface area contributed by atoms with Crippen molar-refractivity contribution in [1.29, 1.82) is 0 Å². The van der Waals surface area contributed by atoms with Crippen molar-refractivity contribution in [2.75, 3.05) is 6.54 Å². The van der Waals surface area contributed by atoms with Crippen molar-refractivity contribution in [3.8, 4) is 0 Å². The molecule has 7 rings (SSSR count). The van der Waals surface area contributed by atoms with Crippen molar-refractivity contribution < 1.29 is 19.2 Å². The van der Waals surface area contributed by atoms with E-state index in [1.165, 1.54) is 6.07 Å². The van der Waals surface area contributed by atoms with Crippen molar-refractivity contribution in [3.63, 3.8) is 0 Å². The van der Waals surface area contributed by atoms with Gasteiger partial charge in [-0.2, -0.15) is 5.01 Å². The quantitative estimate of drug-likeness (QED) is 0.358. The minimum absolute atomic E-state index is 0.0177. The van der Waals surface area contributed by atoms with Gasteiger partial charge in [-0.15, -0.1) is 0 Å². The van der Waals surface area contributed by atoms with Crippen LogP contribution in [0.4, 0.5) is 0 Å². The molecule has 35 heavy (non-hydrogen) atoms. The number of carbonyl (C=O) groups is 4. The summed E-state index contributed by atoms with van der Waals surface area (Å²) in [5.74, 6) is -1.81. The number of benzene rings is 2. The van der Waals surface area contributed by atoms with E-state index in [2.05, 4.69) is 12.2 Å². The van der Waals surface area contributed by atoms with Gasteiger partial charge in [0.15, 0.2) is 5.78 Å². The normalized spacial score (nSPS) is 29.7. The Labute approximate surface area is 208 Å². The second-order valence-electron chi connectivity index (χ2n) is 10.2. The lowest BCUT2D eigenvalue weighted by Crippen LogP contribution is -2.52. The van der Waals surface area contributed by atoms with Crippen molar-refractivity contribution in [3.05, 3.63) is 81.9 Å². The monoisotopic (exact) mass is 488 g/mol. The van der Waals surface area contributed by atoms with Crippen LogP contribution in [0.15, 0.2) is 54.6 Å². The molecule has 2 aromatic rings. The summed E-state index contributed by atoms with van der Waals surface area (Å²) in [6.45, 7) is 3.43. The molecule has 2 aromatic carbocycles. The maximum Gasteiger partial charge on any atom is 0.274 e. The molecule has 1 saturated heterocycles. The lowest BCUT2D eigenvalue weighted by atomic mass is 9.63. The van der Waals surface area contributed by atoms with Crippen LogP contribution in [-0.4, -0.2) is 40.1 Å². The zero-order valence-corrected chi connectivity index (χ0v) is 20.2. The van der Waals surface area contributed by atoms with Gasteiger partial charge in [0, 0.05) is 5.56 Å². The van der Waals surface area contributed by atoms with Crippen LogP contribution < -0.4 is 0 Å². The van der Waals surface area contributed by atoms with Gasteiger partial charge in [-0.05, 0) is 73.3 Å². The predicted molar refractivity (Wildman–Crippen MR) is 129 cm³/mol. The van der Waals surface area contributed by atoms with Crippen molar-refractivity contribution in [2.45, 2.75) is 20.3 Å². The van der Waals surface area contributed by atoms with E-state index >= 15 is 0 Å². The maximum absolute atomic E-state index is 13.7. The number of hydrogen-bond acceptors (Lipinski definition) is 4. The van der Waals surface area contributed by atoms with E-state index in [0.29, 0.717) is 17.4 Å². The van der Waals surface area contributed by atoms with Gasteiger partial charge in [0.05, 0.1) is 22.4 Å². The number of carbonyl (C=O) groups excluding carboxylic acids is 4. The van der Waals surface area contributed by atoms with Crippen LogP contribution in [-0.2, 0) is 9.59 Å². The molecule has 0 unspecified atom stereocenters. The summed E-state index contributed by atoms with van der Waals surface area (Å²) in [6.07, 6.45) is 5.20. The van der Waals surface area contributed by atoms with E-state index in [0.717, 1.165) is 27.6 Å². The number of hydrogen-bond donors (Lipinski definition) is 0. The number of amides is 3. The molecule has 1 heterocycles. The van der Waals surface area contributed by atoms with E-state index in [9.17, 15) is 19.2 Å². The molecule has 5 aliphatic rings. The molecule has 2 saturated carbocycles. The summed E-state index contributed by atoms with van der Waals surface area (Å²) in [5, 5.41) is 2.17. The summed E-state index contributed by atoms with van der Waals surface area (Å²) in [7, 11) is 0. The number of Topliss-reactive ketones (excluding diaryl/α,β-unsaturated/α-hetero) is 1. The number of halogens is 1. The fourth-order valence-electron chi connectivity index (χ4n) is 6.33. The van der Waals surface area contributed by atoms with E-state index in [4.69, 9.17) is 11.6 Å². The fourth-order valence-corrected chi connectivity index (χ4v) is 6.54. The summed E-state index contributed by atoms with van der Waals surface area (Å²) >= 11 is 6.31. The third-order valence-electron chi connectivity index (χ3n) is 8.34. The van der Waals surface area contributed by atoms with E-state index in [-0.39, 0.29) is 28.2 Å². The van der Waals surface area contributed by atoms with Gasteiger partial charge in [-0.25, -0.2) is 5.01 Å². The van der Waals surface area contributed by atoms with Crippen LogP contribution in [0.1, 0.15) is 38.3 Å². The van der Waals surface area contributed by atoms with Crippen LogP contribution in [0.2, 0.25) is 5.02 Å². The highest BCUT2D eigenvalue weighted by atomic mass is 35.5. The number of hydrazine groups is 1. The zero-order chi connectivity index (χ0) is 24.6. The Morgan fingerprint density at radius 2 is 1.57 bits per heavy atom. The molecule has 1 aliphatic heterocycles. The van der Waals surface area contributed by atoms with Crippen molar-refractivity contribution >= 4 is 35.1 Å². The topological polar surface area (TPSA) is 74.8 Å². The molecule has 3 fully saturated rings. The Kier molecular flexibility index (Phi) is 5.01. The largest absolute Gasteiger partial charge is 0.292 e. The number of ketones is 1. The van der Waals surface area contributed by atoms with Gasteiger partial charge in [-0.3, -0.25) is 19.2 Å². The Morgan fingerprint density at radius 1 is 0.943 bits per heavy atom. The lowest BCUT2D eigenvalue weighted by Gasteiger charge is -2.37. The molecule has 0 N–H and O–H groups in total. The van der Waals surface area contributed by atoms with E-state index in [1.807, 2.05) is 19.9 Å². The van der Waals surface area contributed by atoms with Gasteiger partial charge in [0.25, 0.3) is 17.7 Å². The minimum Gasteiger partial charge on any atom is -0.292 e. The highest BCUT2D eigenvalue weighted by Gasteiger charge is 2.68. The molecule has 0 radical (unpaired) electrons. The summed E-state index contributed by atoms with van der Waals surface area (Å²) < 4.78 is 0. The Balaban J connectivity index is 1.38. The van der Waals surface area contributed by atoms with Gasteiger partial charge in [0.1, 0.15) is 6.54 Å². The molecule has 6 nitrogen and oxygen atoms in total. The average molecular weight is 489 g/mol. The molecule has 2 bridgehead atoms. The number of aryl methyl sites for hydroxylation is 2. The van der Waals surface area contributed by atoms with Gasteiger partial charge in [0.2, 0.25) is 0 Å². The Morgan fingerprint density at radius 3 is 2.17 bits per heavy atom.